The van der Waals surface area contributed by atoms with E-state index in [0.29, 0.717) is 6.04 Å². The van der Waals surface area contributed by atoms with Gasteiger partial charge in [-0.05, 0) is 18.1 Å². The Balaban J connectivity index is 3.36. The van der Waals surface area contributed by atoms with Crippen LogP contribution < -0.4 is 11.3 Å². The molecule has 16 heavy (non-hydrogen) atoms. The van der Waals surface area contributed by atoms with E-state index >= 15 is 0 Å². The van der Waals surface area contributed by atoms with Crippen LogP contribution in [0.25, 0.3) is 0 Å². The molecule has 0 amide bonds. The largest absolute Gasteiger partial charge is 0.271 e. The first-order valence-electron chi connectivity index (χ1n) is 6.74. The molecule has 0 radical (unpaired) electrons. The molecule has 0 bridgehead atoms. The van der Waals surface area contributed by atoms with Crippen LogP contribution in [0, 0.1) is 5.92 Å². The van der Waals surface area contributed by atoms with Crippen LogP contribution in [0.3, 0.4) is 0 Å². The molecule has 3 heteroatoms. The third-order valence-corrected chi connectivity index (χ3v) is 4.20. The summed E-state index contributed by atoms with van der Waals surface area (Å²) in [4.78, 5) is 0. The lowest BCUT2D eigenvalue weighted by molar-refractivity contribution is 0.496. The van der Waals surface area contributed by atoms with Crippen LogP contribution in [0.4, 0.5) is 0 Å². The molecule has 3 N–H and O–H groups in total. The highest BCUT2D eigenvalue weighted by Gasteiger charge is 2.06. The highest BCUT2D eigenvalue weighted by Crippen LogP contribution is 2.13. The molecule has 0 aromatic rings. The molecule has 2 nitrogen and oxygen atoms in total. The minimum absolute atomic E-state index is 0.505. The summed E-state index contributed by atoms with van der Waals surface area (Å²) < 4.78 is 0. The van der Waals surface area contributed by atoms with Crippen molar-refractivity contribution in [2.24, 2.45) is 11.8 Å². The first kappa shape index (κ1) is 16.3. The van der Waals surface area contributed by atoms with Gasteiger partial charge in [-0.3, -0.25) is 11.3 Å². The Morgan fingerprint density at radius 1 is 1.06 bits per heavy atom. The fourth-order valence-corrected chi connectivity index (χ4v) is 2.81. The van der Waals surface area contributed by atoms with E-state index in [1.807, 2.05) is 11.8 Å². The van der Waals surface area contributed by atoms with Crippen LogP contribution in [0.5, 0.6) is 0 Å². The van der Waals surface area contributed by atoms with Crippen molar-refractivity contribution in [1.82, 2.24) is 5.43 Å². The molecule has 0 fully saturated rings. The van der Waals surface area contributed by atoms with E-state index in [1.165, 1.54) is 44.3 Å². The second-order valence-electron chi connectivity index (χ2n) is 5.00. The van der Waals surface area contributed by atoms with Gasteiger partial charge in [-0.2, -0.15) is 11.8 Å². The summed E-state index contributed by atoms with van der Waals surface area (Å²) >= 11 is 2.02. The molecule has 0 aliphatic carbocycles. The molecule has 1 atom stereocenters. The minimum Gasteiger partial charge on any atom is -0.271 e. The molecule has 0 saturated carbocycles. The molecule has 0 aliphatic heterocycles. The van der Waals surface area contributed by atoms with Gasteiger partial charge in [-0.25, -0.2) is 0 Å². The molecule has 98 valence electrons. The number of thioether (sulfide) groups is 1. The molecule has 0 aromatic carbocycles. The Morgan fingerprint density at radius 3 is 2.31 bits per heavy atom. The van der Waals surface area contributed by atoms with Crippen LogP contribution >= 0.6 is 11.8 Å². The fourth-order valence-electron chi connectivity index (χ4n) is 1.66. The summed E-state index contributed by atoms with van der Waals surface area (Å²) in [5.41, 5.74) is 2.95. The van der Waals surface area contributed by atoms with Crippen molar-refractivity contribution in [3.05, 3.63) is 0 Å². The van der Waals surface area contributed by atoms with E-state index in [1.54, 1.807) is 0 Å². The lowest BCUT2D eigenvalue weighted by Gasteiger charge is -2.15. The quantitative estimate of drug-likeness (QED) is 0.332. The van der Waals surface area contributed by atoms with E-state index in [0.717, 1.165) is 11.7 Å². The van der Waals surface area contributed by atoms with Gasteiger partial charge >= 0.3 is 0 Å². The van der Waals surface area contributed by atoms with Gasteiger partial charge in [0.2, 0.25) is 0 Å². The summed E-state index contributed by atoms with van der Waals surface area (Å²) in [7, 11) is 0. The van der Waals surface area contributed by atoms with Gasteiger partial charge < -0.3 is 0 Å². The Kier molecular flexibility index (Phi) is 11.9. The van der Waals surface area contributed by atoms with E-state index in [-0.39, 0.29) is 0 Å². The maximum atomic E-state index is 5.57. The normalized spacial score (nSPS) is 13.3. The topological polar surface area (TPSA) is 38.0 Å². The molecule has 1 unspecified atom stereocenters. The zero-order valence-corrected chi connectivity index (χ0v) is 12.1. The van der Waals surface area contributed by atoms with Crippen LogP contribution in [-0.2, 0) is 0 Å². The van der Waals surface area contributed by atoms with Gasteiger partial charge in [-0.1, -0.05) is 52.9 Å². The van der Waals surface area contributed by atoms with Crippen molar-refractivity contribution < 1.29 is 0 Å². The second-order valence-corrected chi connectivity index (χ2v) is 6.07. The van der Waals surface area contributed by atoms with E-state index < -0.39 is 0 Å². The van der Waals surface area contributed by atoms with Crippen LogP contribution in [0.2, 0.25) is 0 Å². The summed E-state index contributed by atoms with van der Waals surface area (Å²) in [6, 6.07) is 0.505. The lowest BCUT2D eigenvalue weighted by Crippen LogP contribution is -2.37. The van der Waals surface area contributed by atoms with Crippen molar-refractivity contribution in [3.8, 4) is 0 Å². The maximum Gasteiger partial charge on any atom is 0.0301 e. The Bertz CT molecular complexity index is 140. The highest BCUT2D eigenvalue weighted by atomic mass is 32.2. The molecular formula is C13H30N2S. The van der Waals surface area contributed by atoms with Crippen molar-refractivity contribution in [2.75, 3.05) is 11.5 Å². The third kappa shape index (κ3) is 10.8. The zero-order chi connectivity index (χ0) is 12.2. The van der Waals surface area contributed by atoms with Crippen molar-refractivity contribution in [2.45, 2.75) is 65.3 Å². The molecular weight excluding hydrogens is 216 g/mol. The van der Waals surface area contributed by atoms with Gasteiger partial charge in [0.15, 0.2) is 0 Å². The summed E-state index contributed by atoms with van der Waals surface area (Å²) in [5, 5.41) is 0. The third-order valence-electron chi connectivity index (χ3n) is 2.66. The number of hydrogen-bond donors (Lipinski definition) is 2. The summed E-state index contributed by atoms with van der Waals surface area (Å²) in [6.07, 6.45) is 7.99. The predicted molar refractivity (Wildman–Crippen MR) is 76.7 cm³/mol. The number of nitrogens with two attached hydrogens (primary N) is 1. The van der Waals surface area contributed by atoms with Gasteiger partial charge in [-0.15, -0.1) is 0 Å². The van der Waals surface area contributed by atoms with E-state index in [9.17, 15) is 0 Å². The van der Waals surface area contributed by atoms with Crippen LogP contribution in [-0.4, -0.2) is 17.5 Å². The maximum absolute atomic E-state index is 5.57. The van der Waals surface area contributed by atoms with Gasteiger partial charge in [0, 0.05) is 11.8 Å². The zero-order valence-electron chi connectivity index (χ0n) is 11.3. The van der Waals surface area contributed by atoms with Crippen molar-refractivity contribution >= 4 is 11.8 Å². The first-order chi connectivity index (χ1) is 7.70. The van der Waals surface area contributed by atoms with Crippen molar-refractivity contribution in [1.29, 1.82) is 0 Å². The molecule has 0 saturated heterocycles. The lowest BCUT2D eigenvalue weighted by atomic mass is 10.1. The standard InChI is InChI=1S/C13H30N2S/c1-4-5-6-7-8-9-13(15-14)11-16-10-12(2)3/h12-13,15H,4-11,14H2,1-3H3. The first-order valence-corrected chi connectivity index (χ1v) is 7.90. The Labute approximate surface area is 106 Å². The van der Waals surface area contributed by atoms with Gasteiger partial charge in [0.05, 0.1) is 0 Å². The minimum atomic E-state index is 0.505. The number of hydrazine groups is 1. The molecule has 0 aliphatic rings. The number of hydrogen-bond acceptors (Lipinski definition) is 3. The molecule has 0 heterocycles. The molecule has 0 rings (SSSR count). The summed E-state index contributed by atoms with van der Waals surface area (Å²) in [6.45, 7) is 6.79. The average molecular weight is 246 g/mol. The van der Waals surface area contributed by atoms with Crippen molar-refractivity contribution in [3.63, 3.8) is 0 Å². The fraction of sp³-hybridized carbons (Fsp3) is 1.00. The van der Waals surface area contributed by atoms with Crippen LogP contribution in [0.1, 0.15) is 59.3 Å². The SMILES string of the molecule is CCCCCCCC(CSCC(C)C)NN. The highest BCUT2D eigenvalue weighted by molar-refractivity contribution is 7.99. The number of rotatable bonds is 11. The number of unbranched alkanes of at least 4 members (excludes halogenated alkanes) is 4. The van der Waals surface area contributed by atoms with Crippen LogP contribution in [0.15, 0.2) is 0 Å². The Hall–Kier alpha value is 0.270. The van der Waals surface area contributed by atoms with E-state index in [2.05, 4.69) is 26.2 Å². The smallest absolute Gasteiger partial charge is 0.0301 e. The predicted octanol–water partition coefficient (Wildman–Crippen LogP) is 3.57. The Morgan fingerprint density at radius 2 is 1.75 bits per heavy atom. The monoisotopic (exact) mass is 246 g/mol. The summed E-state index contributed by atoms with van der Waals surface area (Å²) in [5.74, 6) is 8.75. The average Bonchev–Trinajstić information content (AvgIpc) is 2.26. The van der Waals surface area contributed by atoms with Gasteiger partial charge in [0.25, 0.3) is 0 Å². The number of nitrogens with one attached hydrogen (secondary N) is 1. The molecule has 0 spiro atoms. The van der Waals surface area contributed by atoms with E-state index in [4.69, 9.17) is 5.84 Å². The van der Waals surface area contributed by atoms with Gasteiger partial charge in [0.1, 0.15) is 0 Å². The molecule has 0 aromatic heterocycles. The second kappa shape index (κ2) is 11.7.